The number of anilines is 1. The third-order valence-electron chi connectivity index (χ3n) is 2.72. The van der Waals surface area contributed by atoms with Crippen molar-refractivity contribution in [3.63, 3.8) is 0 Å². The van der Waals surface area contributed by atoms with Crippen molar-refractivity contribution in [2.24, 2.45) is 0 Å². The van der Waals surface area contributed by atoms with E-state index in [4.69, 9.17) is 39.5 Å². The largest absolute Gasteiger partial charge is 0.494 e. The van der Waals surface area contributed by atoms with Gasteiger partial charge in [0.05, 0.1) is 17.3 Å². The number of hydrogen-bond acceptors (Lipinski definition) is 2. The van der Waals surface area contributed by atoms with Gasteiger partial charge in [0.2, 0.25) is 0 Å². The normalized spacial score (nSPS) is 10.4. The Morgan fingerprint density at radius 1 is 1.00 bits per heavy atom. The van der Waals surface area contributed by atoms with E-state index >= 15 is 0 Å². The van der Waals surface area contributed by atoms with E-state index in [9.17, 15) is 0 Å². The first-order chi connectivity index (χ1) is 9.60. The topological polar surface area (TPSA) is 21.3 Å². The van der Waals surface area contributed by atoms with Gasteiger partial charge in [0, 0.05) is 22.2 Å². The fourth-order valence-electron chi connectivity index (χ4n) is 1.81. The van der Waals surface area contributed by atoms with Crippen LogP contribution in [0.1, 0.15) is 12.5 Å². The molecule has 0 aliphatic heterocycles. The molecule has 5 heteroatoms. The molecule has 0 aliphatic rings. The first kappa shape index (κ1) is 15.3. The van der Waals surface area contributed by atoms with Gasteiger partial charge in [0.25, 0.3) is 0 Å². The van der Waals surface area contributed by atoms with Crippen LogP contribution in [0.4, 0.5) is 5.69 Å². The van der Waals surface area contributed by atoms with E-state index in [1.165, 1.54) is 0 Å². The molecule has 0 amide bonds. The van der Waals surface area contributed by atoms with E-state index in [1.807, 2.05) is 25.1 Å². The first-order valence-corrected chi connectivity index (χ1v) is 7.33. The summed E-state index contributed by atoms with van der Waals surface area (Å²) in [7, 11) is 0. The average Bonchev–Trinajstić information content (AvgIpc) is 2.42. The van der Waals surface area contributed by atoms with Crippen LogP contribution < -0.4 is 10.1 Å². The van der Waals surface area contributed by atoms with Gasteiger partial charge in [-0.15, -0.1) is 0 Å². The Balaban J connectivity index is 2.17. The van der Waals surface area contributed by atoms with Gasteiger partial charge in [0.15, 0.2) is 0 Å². The molecular formula is C15H14Cl3NO. The molecule has 2 aromatic rings. The lowest BCUT2D eigenvalue weighted by molar-refractivity contribution is 0.337. The van der Waals surface area contributed by atoms with Crippen LogP contribution in [0.15, 0.2) is 36.4 Å². The van der Waals surface area contributed by atoms with Gasteiger partial charge >= 0.3 is 0 Å². The molecule has 0 radical (unpaired) electrons. The van der Waals surface area contributed by atoms with Crippen molar-refractivity contribution in [1.29, 1.82) is 0 Å². The predicted octanol–water partition coefficient (Wildman–Crippen LogP) is 5.66. The van der Waals surface area contributed by atoms with Crippen LogP contribution in [-0.4, -0.2) is 6.61 Å². The van der Waals surface area contributed by atoms with E-state index < -0.39 is 0 Å². The number of halogens is 3. The molecule has 0 unspecified atom stereocenters. The quantitative estimate of drug-likeness (QED) is 0.764. The fraction of sp³-hybridized carbons (Fsp3) is 0.200. The molecule has 0 heterocycles. The van der Waals surface area contributed by atoms with Crippen LogP contribution in [0.3, 0.4) is 0 Å². The van der Waals surface area contributed by atoms with Crippen LogP contribution in [0.25, 0.3) is 0 Å². The first-order valence-electron chi connectivity index (χ1n) is 6.20. The summed E-state index contributed by atoms with van der Waals surface area (Å²) in [5.41, 5.74) is 1.75. The number of benzene rings is 2. The van der Waals surface area contributed by atoms with Gasteiger partial charge in [-0.25, -0.2) is 0 Å². The second-order valence-electron chi connectivity index (χ2n) is 4.16. The highest BCUT2D eigenvalue weighted by Gasteiger charge is 2.06. The molecule has 0 bridgehead atoms. The second-order valence-corrected chi connectivity index (χ2v) is 5.44. The number of ether oxygens (including phenoxy) is 1. The zero-order valence-electron chi connectivity index (χ0n) is 10.9. The van der Waals surface area contributed by atoms with Crippen molar-refractivity contribution in [2.45, 2.75) is 13.5 Å². The Morgan fingerprint density at radius 3 is 2.45 bits per heavy atom. The SMILES string of the molecule is CCOc1ccc(Cl)cc1CNc1cc(Cl)ccc1Cl. The van der Waals surface area contributed by atoms with Crippen molar-refractivity contribution in [2.75, 3.05) is 11.9 Å². The van der Waals surface area contributed by atoms with Gasteiger partial charge in [-0.05, 0) is 43.3 Å². The zero-order chi connectivity index (χ0) is 14.5. The van der Waals surface area contributed by atoms with Gasteiger partial charge in [0.1, 0.15) is 5.75 Å². The third-order valence-corrected chi connectivity index (χ3v) is 3.52. The van der Waals surface area contributed by atoms with Gasteiger partial charge in [-0.3, -0.25) is 0 Å². The van der Waals surface area contributed by atoms with Crippen LogP contribution >= 0.6 is 34.8 Å². The van der Waals surface area contributed by atoms with Crippen molar-refractivity contribution < 1.29 is 4.74 Å². The van der Waals surface area contributed by atoms with Crippen molar-refractivity contribution >= 4 is 40.5 Å². The minimum Gasteiger partial charge on any atom is -0.494 e. The Morgan fingerprint density at radius 2 is 1.70 bits per heavy atom. The third kappa shape index (κ3) is 3.95. The molecular weight excluding hydrogens is 317 g/mol. The summed E-state index contributed by atoms with van der Waals surface area (Å²) in [6.07, 6.45) is 0. The highest BCUT2D eigenvalue weighted by molar-refractivity contribution is 6.35. The molecule has 2 rings (SSSR count). The molecule has 0 aromatic heterocycles. The van der Waals surface area contributed by atoms with Crippen LogP contribution in [0, 0.1) is 0 Å². The highest BCUT2D eigenvalue weighted by Crippen LogP contribution is 2.28. The second kappa shape index (κ2) is 7.07. The Bertz CT molecular complexity index is 602. The lowest BCUT2D eigenvalue weighted by atomic mass is 10.2. The molecule has 106 valence electrons. The minimum absolute atomic E-state index is 0.552. The van der Waals surface area contributed by atoms with Gasteiger partial charge < -0.3 is 10.1 Å². The summed E-state index contributed by atoms with van der Waals surface area (Å²) in [5, 5.41) is 5.16. The molecule has 0 atom stereocenters. The minimum atomic E-state index is 0.552. The van der Waals surface area contributed by atoms with E-state index in [0.717, 1.165) is 17.0 Å². The maximum atomic E-state index is 6.12. The standard InChI is InChI=1S/C15H14Cl3NO/c1-2-20-15-6-4-11(16)7-10(15)9-19-14-8-12(17)3-5-13(14)18/h3-8,19H,2,9H2,1H3. The molecule has 0 aliphatic carbocycles. The van der Waals surface area contributed by atoms with Crippen LogP contribution in [0.5, 0.6) is 5.75 Å². The Labute approximate surface area is 133 Å². The van der Waals surface area contributed by atoms with E-state index in [0.29, 0.717) is 28.2 Å². The fourth-order valence-corrected chi connectivity index (χ4v) is 2.36. The predicted molar refractivity (Wildman–Crippen MR) is 86.4 cm³/mol. The monoisotopic (exact) mass is 329 g/mol. The summed E-state index contributed by atoms with van der Waals surface area (Å²) in [6.45, 7) is 3.10. The summed E-state index contributed by atoms with van der Waals surface area (Å²) >= 11 is 18.1. The molecule has 20 heavy (non-hydrogen) atoms. The summed E-state index contributed by atoms with van der Waals surface area (Å²) in [5.74, 6) is 0.808. The van der Waals surface area contributed by atoms with E-state index in [1.54, 1.807) is 18.2 Å². The number of nitrogens with one attached hydrogen (secondary N) is 1. The molecule has 1 N–H and O–H groups in total. The van der Waals surface area contributed by atoms with Gasteiger partial charge in [-0.2, -0.15) is 0 Å². The lowest BCUT2D eigenvalue weighted by Crippen LogP contribution is -2.03. The highest BCUT2D eigenvalue weighted by atomic mass is 35.5. The zero-order valence-corrected chi connectivity index (χ0v) is 13.2. The summed E-state index contributed by atoms with van der Waals surface area (Å²) in [4.78, 5) is 0. The van der Waals surface area contributed by atoms with Crippen LogP contribution in [0.2, 0.25) is 15.1 Å². The maximum Gasteiger partial charge on any atom is 0.124 e. The molecule has 0 saturated carbocycles. The molecule has 0 saturated heterocycles. The van der Waals surface area contributed by atoms with Crippen molar-refractivity contribution in [3.05, 3.63) is 57.0 Å². The maximum absolute atomic E-state index is 6.12. The van der Waals surface area contributed by atoms with Crippen LogP contribution in [-0.2, 0) is 6.54 Å². The van der Waals surface area contributed by atoms with Crippen molar-refractivity contribution in [3.8, 4) is 5.75 Å². The molecule has 0 fully saturated rings. The number of rotatable bonds is 5. The number of hydrogen-bond donors (Lipinski definition) is 1. The Kier molecular flexibility index (Phi) is 5.41. The van der Waals surface area contributed by atoms with E-state index in [2.05, 4.69) is 5.32 Å². The lowest BCUT2D eigenvalue weighted by Gasteiger charge is -2.13. The smallest absolute Gasteiger partial charge is 0.124 e. The van der Waals surface area contributed by atoms with Crippen molar-refractivity contribution in [1.82, 2.24) is 0 Å². The Hall–Kier alpha value is -1.09. The average molecular weight is 331 g/mol. The molecule has 2 nitrogen and oxygen atoms in total. The van der Waals surface area contributed by atoms with E-state index in [-0.39, 0.29) is 0 Å². The molecule has 2 aromatic carbocycles. The molecule has 0 spiro atoms. The summed E-state index contributed by atoms with van der Waals surface area (Å²) < 4.78 is 5.58. The summed E-state index contributed by atoms with van der Waals surface area (Å²) in [6, 6.07) is 10.8. The van der Waals surface area contributed by atoms with Gasteiger partial charge in [-0.1, -0.05) is 34.8 Å².